The molecule has 0 radical (unpaired) electrons. The van der Waals surface area contributed by atoms with Gasteiger partial charge < -0.3 is 10.5 Å². The van der Waals surface area contributed by atoms with Crippen molar-refractivity contribution in [2.45, 2.75) is 0 Å². The molecule has 2 aromatic rings. The second-order valence-electron chi connectivity index (χ2n) is 3.13. The van der Waals surface area contributed by atoms with E-state index in [1.807, 2.05) is 6.07 Å². The van der Waals surface area contributed by atoms with Crippen molar-refractivity contribution in [2.75, 3.05) is 12.8 Å². The number of hydrogen-bond acceptors (Lipinski definition) is 4. The van der Waals surface area contributed by atoms with Crippen LogP contribution < -0.4 is 5.73 Å². The number of hydrogen-bond donors (Lipinski definition) is 1. The Morgan fingerprint density at radius 1 is 1.47 bits per heavy atom. The van der Waals surface area contributed by atoms with E-state index >= 15 is 0 Å². The molecule has 0 fully saturated rings. The Morgan fingerprint density at radius 2 is 2.27 bits per heavy atom. The average Bonchev–Trinajstić information content (AvgIpc) is 2.27. The molecule has 0 aliphatic carbocycles. The molecule has 0 unspecified atom stereocenters. The molecule has 4 nitrogen and oxygen atoms in total. The number of esters is 1. The van der Waals surface area contributed by atoms with Crippen molar-refractivity contribution in [2.24, 2.45) is 0 Å². The quantitative estimate of drug-likeness (QED) is 0.713. The van der Waals surface area contributed by atoms with Gasteiger partial charge in [-0.05, 0) is 12.1 Å². The Labute approximate surface area is 86.7 Å². The second kappa shape index (κ2) is 3.57. The van der Waals surface area contributed by atoms with Gasteiger partial charge >= 0.3 is 5.97 Å². The van der Waals surface area contributed by atoms with Gasteiger partial charge in [-0.2, -0.15) is 0 Å². The number of pyridine rings is 1. The molecule has 76 valence electrons. The molecule has 1 aromatic heterocycles. The van der Waals surface area contributed by atoms with E-state index in [1.54, 1.807) is 24.4 Å². The van der Waals surface area contributed by atoms with Gasteiger partial charge in [-0.15, -0.1) is 0 Å². The summed E-state index contributed by atoms with van der Waals surface area (Å²) in [4.78, 5) is 15.4. The summed E-state index contributed by atoms with van der Waals surface area (Å²) in [6, 6.07) is 7.02. The Kier molecular flexibility index (Phi) is 2.25. The molecule has 4 heteroatoms. The minimum atomic E-state index is -0.369. The lowest BCUT2D eigenvalue weighted by molar-refractivity contribution is 0.0603. The highest BCUT2D eigenvalue weighted by Crippen LogP contribution is 2.20. The smallest absolute Gasteiger partial charge is 0.338 e. The van der Waals surface area contributed by atoms with Crippen molar-refractivity contribution in [3.05, 3.63) is 36.0 Å². The fourth-order valence-corrected chi connectivity index (χ4v) is 1.47. The number of nitrogens with two attached hydrogens (primary N) is 1. The second-order valence-corrected chi connectivity index (χ2v) is 3.13. The van der Waals surface area contributed by atoms with E-state index in [1.165, 1.54) is 7.11 Å². The third-order valence-corrected chi connectivity index (χ3v) is 2.19. The lowest BCUT2D eigenvalue weighted by Gasteiger charge is -2.04. The van der Waals surface area contributed by atoms with E-state index < -0.39 is 0 Å². The molecule has 0 saturated heterocycles. The maximum atomic E-state index is 11.5. The molecule has 2 rings (SSSR count). The van der Waals surface area contributed by atoms with Gasteiger partial charge in [0.15, 0.2) is 0 Å². The molecule has 15 heavy (non-hydrogen) atoms. The SMILES string of the molecule is COC(=O)c1cccc2cnc(N)cc12. The predicted octanol–water partition coefficient (Wildman–Crippen LogP) is 1.60. The third kappa shape index (κ3) is 1.61. The number of benzene rings is 1. The first kappa shape index (κ1) is 9.45. The van der Waals surface area contributed by atoms with E-state index in [2.05, 4.69) is 9.72 Å². The van der Waals surface area contributed by atoms with Gasteiger partial charge in [0.1, 0.15) is 5.82 Å². The van der Waals surface area contributed by atoms with E-state index in [4.69, 9.17) is 5.73 Å². The molecule has 0 atom stereocenters. The van der Waals surface area contributed by atoms with Gasteiger partial charge in [-0.3, -0.25) is 0 Å². The summed E-state index contributed by atoms with van der Waals surface area (Å²) in [5.74, 6) is 0.0186. The van der Waals surface area contributed by atoms with E-state index in [-0.39, 0.29) is 5.97 Å². The van der Waals surface area contributed by atoms with Gasteiger partial charge in [-0.25, -0.2) is 9.78 Å². The number of carbonyl (C=O) groups excluding carboxylic acids is 1. The molecular formula is C11H10N2O2. The minimum Gasteiger partial charge on any atom is -0.465 e. The number of methoxy groups -OCH3 is 1. The van der Waals surface area contributed by atoms with Crippen LogP contribution in [-0.4, -0.2) is 18.1 Å². The molecule has 0 aliphatic heterocycles. The fraction of sp³-hybridized carbons (Fsp3) is 0.0909. The van der Waals surface area contributed by atoms with Crippen LogP contribution in [0.3, 0.4) is 0 Å². The third-order valence-electron chi connectivity index (χ3n) is 2.19. The van der Waals surface area contributed by atoms with Gasteiger partial charge in [0.05, 0.1) is 12.7 Å². The predicted molar refractivity (Wildman–Crippen MR) is 57.5 cm³/mol. The topological polar surface area (TPSA) is 65.2 Å². The van der Waals surface area contributed by atoms with Gasteiger partial charge in [0.25, 0.3) is 0 Å². The van der Waals surface area contributed by atoms with Gasteiger partial charge in [0.2, 0.25) is 0 Å². The van der Waals surface area contributed by atoms with Crippen LogP contribution in [0.1, 0.15) is 10.4 Å². The van der Waals surface area contributed by atoms with E-state index in [0.717, 1.165) is 10.8 Å². The highest BCUT2D eigenvalue weighted by Gasteiger charge is 2.09. The summed E-state index contributed by atoms with van der Waals surface area (Å²) in [7, 11) is 1.35. The van der Waals surface area contributed by atoms with Crippen LogP contribution in [0.25, 0.3) is 10.8 Å². The largest absolute Gasteiger partial charge is 0.465 e. The Bertz CT molecular complexity index is 523. The summed E-state index contributed by atoms with van der Waals surface area (Å²) >= 11 is 0. The first-order chi connectivity index (χ1) is 7.22. The lowest BCUT2D eigenvalue weighted by Crippen LogP contribution is -2.02. The molecular weight excluding hydrogens is 192 g/mol. The van der Waals surface area contributed by atoms with Crippen LogP contribution >= 0.6 is 0 Å². The van der Waals surface area contributed by atoms with Crippen LogP contribution in [0.5, 0.6) is 0 Å². The summed E-state index contributed by atoms with van der Waals surface area (Å²) < 4.78 is 4.68. The van der Waals surface area contributed by atoms with Crippen LogP contribution in [0.15, 0.2) is 30.5 Å². The first-order valence-electron chi connectivity index (χ1n) is 4.45. The van der Waals surface area contributed by atoms with E-state index in [0.29, 0.717) is 11.4 Å². The fourth-order valence-electron chi connectivity index (χ4n) is 1.47. The number of fused-ring (bicyclic) bond motifs is 1. The number of ether oxygens (including phenoxy) is 1. The molecule has 0 amide bonds. The van der Waals surface area contributed by atoms with Crippen molar-refractivity contribution in [3.63, 3.8) is 0 Å². The molecule has 2 N–H and O–H groups in total. The summed E-state index contributed by atoms with van der Waals surface area (Å²) in [6.45, 7) is 0. The number of rotatable bonds is 1. The summed E-state index contributed by atoms with van der Waals surface area (Å²) in [6.07, 6.45) is 1.64. The molecule has 0 bridgehead atoms. The summed E-state index contributed by atoms with van der Waals surface area (Å²) in [5, 5.41) is 1.63. The zero-order valence-corrected chi connectivity index (χ0v) is 8.23. The molecule has 1 heterocycles. The maximum Gasteiger partial charge on any atom is 0.338 e. The highest BCUT2D eigenvalue weighted by atomic mass is 16.5. The highest BCUT2D eigenvalue weighted by molar-refractivity contribution is 6.04. The van der Waals surface area contributed by atoms with Crippen LogP contribution in [0.2, 0.25) is 0 Å². The zero-order valence-electron chi connectivity index (χ0n) is 8.23. The van der Waals surface area contributed by atoms with Gasteiger partial charge in [0, 0.05) is 17.0 Å². The Hall–Kier alpha value is -2.10. The molecule has 0 aliphatic rings. The standard InChI is InChI=1S/C11H10N2O2/c1-15-11(14)8-4-2-3-7-6-13-10(12)5-9(7)8/h2-6H,1H3,(H2,12,13). The van der Waals surface area contributed by atoms with Crippen molar-refractivity contribution >= 4 is 22.6 Å². The Balaban J connectivity index is 2.74. The summed E-state index contributed by atoms with van der Waals surface area (Å²) in [5.41, 5.74) is 6.07. The Morgan fingerprint density at radius 3 is 3.00 bits per heavy atom. The van der Waals surface area contributed by atoms with E-state index in [9.17, 15) is 4.79 Å². The zero-order chi connectivity index (χ0) is 10.8. The van der Waals surface area contributed by atoms with Crippen molar-refractivity contribution in [3.8, 4) is 0 Å². The van der Waals surface area contributed by atoms with Crippen LogP contribution in [-0.2, 0) is 4.74 Å². The molecule has 0 saturated carbocycles. The number of anilines is 1. The van der Waals surface area contributed by atoms with Crippen LogP contribution in [0.4, 0.5) is 5.82 Å². The van der Waals surface area contributed by atoms with Crippen molar-refractivity contribution < 1.29 is 9.53 Å². The monoisotopic (exact) mass is 202 g/mol. The maximum absolute atomic E-state index is 11.5. The lowest BCUT2D eigenvalue weighted by atomic mass is 10.1. The normalized spacial score (nSPS) is 10.2. The van der Waals surface area contributed by atoms with Gasteiger partial charge in [-0.1, -0.05) is 12.1 Å². The minimum absolute atomic E-state index is 0.369. The molecule has 1 aromatic carbocycles. The first-order valence-corrected chi connectivity index (χ1v) is 4.45. The molecule has 0 spiro atoms. The number of aromatic nitrogens is 1. The van der Waals surface area contributed by atoms with Crippen molar-refractivity contribution in [1.29, 1.82) is 0 Å². The average molecular weight is 202 g/mol. The van der Waals surface area contributed by atoms with Crippen molar-refractivity contribution in [1.82, 2.24) is 4.98 Å². The number of nitrogen functional groups attached to an aromatic ring is 1. The number of carbonyl (C=O) groups is 1. The van der Waals surface area contributed by atoms with Crippen LogP contribution in [0, 0.1) is 0 Å². The number of nitrogens with zero attached hydrogens (tertiary/aromatic N) is 1.